The number of rotatable bonds is 3. The van der Waals surface area contributed by atoms with Crippen molar-refractivity contribution < 1.29 is 18.0 Å². The SMILES string of the molecule is O=C(NCc1cccc(C(F)(F)F)c1)Nc1cccnc1. The summed E-state index contributed by atoms with van der Waals surface area (Å²) >= 11 is 0. The van der Waals surface area contributed by atoms with Crippen molar-refractivity contribution in [3.05, 3.63) is 59.9 Å². The van der Waals surface area contributed by atoms with E-state index in [1.165, 1.54) is 18.3 Å². The number of carbonyl (C=O) groups excluding carboxylic acids is 1. The molecule has 1 aromatic heterocycles. The summed E-state index contributed by atoms with van der Waals surface area (Å²) in [6.45, 7) is -0.00395. The van der Waals surface area contributed by atoms with Gasteiger partial charge in [0.25, 0.3) is 0 Å². The first kappa shape index (κ1) is 14.8. The van der Waals surface area contributed by atoms with Crippen LogP contribution in [0.5, 0.6) is 0 Å². The average Bonchev–Trinajstić information content (AvgIpc) is 2.46. The zero-order valence-electron chi connectivity index (χ0n) is 10.8. The summed E-state index contributed by atoms with van der Waals surface area (Å²) < 4.78 is 37.6. The maximum Gasteiger partial charge on any atom is 0.416 e. The van der Waals surface area contributed by atoms with Gasteiger partial charge in [-0.15, -0.1) is 0 Å². The molecule has 21 heavy (non-hydrogen) atoms. The third kappa shape index (κ3) is 4.48. The van der Waals surface area contributed by atoms with Gasteiger partial charge in [0.05, 0.1) is 17.4 Å². The topological polar surface area (TPSA) is 54.0 Å². The number of hydrogen-bond acceptors (Lipinski definition) is 2. The van der Waals surface area contributed by atoms with Gasteiger partial charge in [-0.25, -0.2) is 4.79 Å². The summed E-state index contributed by atoms with van der Waals surface area (Å²) in [4.78, 5) is 15.4. The summed E-state index contributed by atoms with van der Waals surface area (Å²) in [7, 11) is 0. The molecular weight excluding hydrogens is 283 g/mol. The molecule has 0 aliphatic heterocycles. The van der Waals surface area contributed by atoms with Gasteiger partial charge in [-0.05, 0) is 29.8 Å². The van der Waals surface area contributed by atoms with Crippen molar-refractivity contribution in [2.45, 2.75) is 12.7 Å². The molecule has 4 nitrogen and oxygen atoms in total. The van der Waals surface area contributed by atoms with Gasteiger partial charge < -0.3 is 10.6 Å². The molecular formula is C14H12F3N3O. The predicted octanol–water partition coefficient (Wildman–Crippen LogP) is 3.42. The van der Waals surface area contributed by atoms with Crippen LogP contribution in [0.3, 0.4) is 0 Å². The lowest BCUT2D eigenvalue weighted by molar-refractivity contribution is -0.137. The van der Waals surface area contributed by atoms with Crippen molar-refractivity contribution in [1.29, 1.82) is 0 Å². The number of hydrogen-bond donors (Lipinski definition) is 2. The smallest absolute Gasteiger partial charge is 0.334 e. The van der Waals surface area contributed by atoms with Crippen molar-refractivity contribution in [3.8, 4) is 0 Å². The van der Waals surface area contributed by atoms with Crippen molar-refractivity contribution in [2.24, 2.45) is 0 Å². The zero-order chi connectivity index (χ0) is 15.3. The van der Waals surface area contributed by atoms with Gasteiger partial charge in [-0.1, -0.05) is 12.1 Å². The molecule has 0 fully saturated rings. The maximum absolute atomic E-state index is 12.5. The van der Waals surface area contributed by atoms with E-state index in [2.05, 4.69) is 15.6 Å². The van der Waals surface area contributed by atoms with E-state index in [1.807, 2.05) is 0 Å². The van der Waals surface area contributed by atoms with Gasteiger partial charge in [0.1, 0.15) is 0 Å². The molecule has 0 saturated carbocycles. The number of amides is 2. The van der Waals surface area contributed by atoms with Gasteiger partial charge >= 0.3 is 12.2 Å². The molecule has 2 rings (SSSR count). The van der Waals surface area contributed by atoms with E-state index in [9.17, 15) is 18.0 Å². The quantitative estimate of drug-likeness (QED) is 0.911. The van der Waals surface area contributed by atoms with Gasteiger partial charge in [0.15, 0.2) is 0 Å². The Morgan fingerprint density at radius 1 is 1.19 bits per heavy atom. The van der Waals surface area contributed by atoms with Crippen molar-refractivity contribution in [1.82, 2.24) is 10.3 Å². The largest absolute Gasteiger partial charge is 0.416 e. The third-order valence-electron chi connectivity index (χ3n) is 2.63. The number of carbonyl (C=O) groups is 1. The zero-order valence-corrected chi connectivity index (χ0v) is 10.8. The number of halogens is 3. The minimum atomic E-state index is -4.39. The summed E-state index contributed by atoms with van der Waals surface area (Å²) in [6.07, 6.45) is -1.37. The molecule has 0 saturated heterocycles. The molecule has 0 atom stereocenters. The fraction of sp³-hybridized carbons (Fsp3) is 0.143. The van der Waals surface area contributed by atoms with Crippen LogP contribution in [0.2, 0.25) is 0 Å². The van der Waals surface area contributed by atoms with E-state index in [-0.39, 0.29) is 6.54 Å². The first-order valence-electron chi connectivity index (χ1n) is 6.06. The molecule has 0 unspecified atom stereocenters. The van der Waals surface area contributed by atoms with Gasteiger partial charge in [-0.3, -0.25) is 4.98 Å². The second-order valence-corrected chi connectivity index (χ2v) is 4.25. The molecule has 0 radical (unpaired) electrons. The third-order valence-corrected chi connectivity index (χ3v) is 2.63. The molecule has 0 bridgehead atoms. The second-order valence-electron chi connectivity index (χ2n) is 4.25. The summed E-state index contributed by atoms with van der Waals surface area (Å²) in [5.41, 5.74) is 0.125. The summed E-state index contributed by atoms with van der Waals surface area (Å²) in [6, 6.07) is 7.60. The Hall–Kier alpha value is -2.57. The molecule has 0 aliphatic carbocycles. The minimum absolute atomic E-state index is 0.00395. The lowest BCUT2D eigenvalue weighted by Crippen LogP contribution is -2.28. The summed E-state index contributed by atoms with van der Waals surface area (Å²) in [5, 5.41) is 5.00. The van der Waals surface area contributed by atoms with Crippen LogP contribution in [0, 0.1) is 0 Å². The highest BCUT2D eigenvalue weighted by Gasteiger charge is 2.30. The number of anilines is 1. The monoisotopic (exact) mass is 295 g/mol. The van der Waals surface area contributed by atoms with Crippen LogP contribution >= 0.6 is 0 Å². The van der Waals surface area contributed by atoms with Crippen LogP contribution in [0.15, 0.2) is 48.8 Å². The predicted molar refractivity (Wildman–Crippen MR) is 71.5 cm³/mol. The number of alkyl halides is 3. The molecule has 7 heteroatoms. The van der Waals surface area contributed by atoms with Crippen molar-refractivity contribution in [3.63, 3.8) is 0 Å². The van der Waals surface area contributed by atoms with Crippen LogP contribution < -0.4 is 10.6 Å². The molecule has 1 aromatic carbocycles. The van der Waals surface area contributed by atoms with E-state index in [0.717, 1.165) is 12.1 Å². The normalized spacial score (nSPS) is 11.0. The highest BCUT2D eigenvalue weighted by molar-refractivity contribution is 5.88. The Morgan fingerprint density at radius 2 is 2.00 bits per heavy atom. The van der Waals surface area contributed by atoms with Crippen LogP contribution in [-0.2, 0) is 12.7 Å². The van der Waals surface area contributed by atoms with E-state index in [0.29, 0.717) is 11.3 Å². The number of nitrogens with one attached hydrogen (secondary N) is 2. The fourth-order valence-electron chi connectivity index (χ4n) is 1.65. The molecule has 1 heterocycles. The number of nitrogens with zero attached hydrogens (tertiary/aromatic N) is 1. The minimum Gasteiger partial charge on any atom is -0.334 e. The van der Waals surface area contributed by atoms with E-state index >= 15 is 0 Å². The van der Waals surface area contributed by atoms with E-state index < -0.39 is 17.8 Å². The molecule has 2 aromatic rings. The molecule has 110 valence electrons. The first-order valence-corrected chi connectivity index (χ1v) is 6.06. The summed E-state index contributed by atoms with van der Waals surface area (Å²) in [5.74, 6) is 0. The first-order chi connectivity index (χ1) is 9.95. The standard InChI is InChI=1S/C14H12F3N3O/c15-14(16,17)11-4-1-3-10(7-11)8-19-13(21)20-12-5-2-6-18-9-12/h1-7,9H,8H2,(H2,19,20,21). The van der Waals surface area contributed by atoms with Crippen LogP contribution in [0.1, 0.15) is 11.1 Å². The van der Waals surface area contributed by atoms with Crippen LogP contribution in [0.4, 0.5) is 23.7 Å². The lowest BCUT2D eigenvalue weighted by atomic mass is 10.1. The second kappa shape index (κ2) is 6.25. The lowest BCUT2D eigenvalue weighted by Gasteiger charge is -2.10. The Bertz CT molecular complexity index is 614. The number of aromatic nitrogens is 1. The number of pyridine rings is 1. The average molecular weight is 295 g/mol. The Kier molecular flexibility index (Phi) is 4.42. The van der Waals surface area contributed by atoms with Gasteiger partial charge in [-0.2, -0.15) is 13.2 Å². The highest BCUT2D eigenvalue weighted by atomic mass is 19.4. The van der Waals surface area contributed by atoms with Gasteiger partial charge in [0.2, 0.25) is 0 Å². The van der Waals surface area contributed by atoms with Gasteiger partial charge in [0, 0.05) is 12.7 Å². The molecule has 0 aliphatic rings. The molecule has 2 N–H and O–H groups in total. The van der Waals surface area contributed by atoms with E-state index in [1.54, 1.807) is 18.3 Å². The Labute approximate surface area is 119 Å². The van der Waals surface area contributed by atoms with Crippen molar-refractivity contribution >= 4 is 11.7 Å². The van der Waals surface area contributed by atoms with Crippen LogP contribution in [-0.4, -0.2) is 11.0 Å². The number of urea groups is 1. The maximum atomic E-state index is 12.5. The fourth-order valence-corrected chi connectivity index (χ4v) is 1.65. The van der Waals surface area contributed by atoms with E-state index in [4.69, 9.17) is 0 Å². The molecule has 2 amide bonds. The number of benzene rings is 1. The highest BCUT2D eigenvalue weighted by Crippen LogP contribution is 2.29. The van der Waals surface area contributed by atoms with Crippen LogP contribution in [0.25, 0.3) is 0 Å². The Morgan fingerprint density at radius 3 is 2.67 bits per heavy atom. The Balaban J connectivity index is 1.92. The molecule has 0 spiro atoms. The van der Waals surface area contributed by atoms with Crippen molar-refractivity contribution in [2.75, 3.05) is 5.32 Å².